The zero-order chi connectivity index (χ0) is 11.8. The Kier molecular flexibility index (Phi) is 1.41. The quantitative estimate of drug-likeness (QED) is 0.640. The van der Waals surface area contributed by atoms with E-state index >= 15 is 0 Å². The lowest BCUT2D eigenvalue weighted by Crippen LogP contribution is -2.27. The van der Waals surface area contributed by atoms with E-state index in [4.69, 9.17) is 0 Å². The van der Waals surface area contributed by atoms with Crippen molar-refractivity contribution in [3.63, 3.8) is 0 Å². The monoisotopic (exact) mass is 232 g/mol. The molecule has 0 aliphatic heterocycles. The molecule has 5 rings (SSSR count). The Balaban J connectivity index is 1.91. The van der Waals surface area contributed by atoms with E-state index in [0.29, 0.717) is 10.8 Å². The van der Waals surface area contributed by atoms with Crippen molar-refractivity contribution in [1.82, 2.24) is 0 Å². The molecule has 2 saturated carbocycles. The molecule has 2 spiro atoms. The van der Waals surface area contributed by atoms with Crippen LogP contribution >= 0.6 is 0 Å². The highest BCUT2D eigenvalue weighted by atomic mass is 14.6. The first kappa shape index (κ1) is 9.38. The highest BCUT2D eigenvalue weighted by molar-refractivity contribution is 5.64. The Hall–Kier alpha value is -1.56. The van der Waals surface area contributed by atoms with Crippen LogP contribution in [-0.2, 0) is 10.8 Å². The van der Waals surface area contributed by atoms with Gasteiger partial charge in [-0.25, -0.2) is 0 Å². The summed E-state index contributed by atoms with van der Waals surface area (Å²) >= 11 is 0. The predicted molar refractivity (Wildman–Crippen MR) is 72.9 cm³/mol. The summed E-state index contributed by atoms with van der Waals surface area (Å²) in [6.45, 7) is 0. The van der Waals surface area contributed by atoms with E-state index in [1.165, 1.54) is 25.7 Å². The number of hydrogen-bond donors (Lipinski definition) is 0. The van der Waals surface area contributed by atoms with Gasteiger partial charge in [0.2, 0.25) is 0 Å². The first-order valence-electron chi connectivity index (χ1n) is 7.07. The summed E-state index contributed by atoms with van der Waals surface area (Å²) in [4.78, 5) is 0. The van der Waals surface area contributed by atoms with Gasteiger partial charge in [-0.15, -0.1) is 0 Å². The van der Waals surface area contributed by atoms with Crippen molar-refractivity contribution in [2.45, 2.75) is 36.5 Å². The van der Waals surface area contributed by atoms with Gasteiger partial charge in [0.1, 0.15) is 0 Å². The van der Waals surface area contributed by atoms with E-state index in [-0.39, 0.29) is 0 Å². The molecule has 2 aromatic carbocycles. The minimum Gasteiger partial charge on any atom is -0.0619 e. The molecule has 88 valence electrons. The molecule has 0 unspecified atom stereocenters. The maximum Gasteiger partial charge on any atom is 0.0209 e. The number of rotatable bonds is 0. The van der Waals surface area contributed by atoms with E-state index < -0.39 is 0 Å². The smallest absolute Gasteiger partial charge is 0.0209 e. The third-order valence-electron chi connectivity index (χ3n) is 5.42. The van der Waals surface area contributed by atoms with Crippen molar-refractivity contribution >= 4 is 0 Å². The maximum atomic E-state index is 2.39. The molecular weight excluding hydrogens is 216 g/mol. The molecule has 0 heterocycles. The van der Waals surface area contributed by atoms with Crippen LogP contribution in [0.4, 0.5) is 0 Å². The zero-order valence-corrected chi connectivity index (χ0v) is 10.4. The van der Waals surface area contributed by atoms with Crippen molar-refractivity contribution in [3.05, 3.63) is 70.8 Å². The second kappa shape index (κ2) is 2.71. The molecule has 3 aliphatic rings. The largest absolute Gasteiger partial charge is 0.0619 e. The fourth-order valence-corrected chi connectivity index (χ4v) is 4.25. The normalized spacial score (nSPS) is 23.6. The van der Waals surface area contributed by atoms with Crippen LogP contribution in [0.25, 0.3) is 0 Å². The lowest BCUT2D eigenvalue weighted by molar-refractivity contribution is 0.695. The maximum absolute atomic E-state index is 2.39. The molecule has 2 fully saturated rings. The summed E-state index contributed by atoms with van der Waals surface area (Å²) in [6.07, 6.45) is 5.38. The van der Waals surface area contributed by atoms with Crippen LogP contribution in [0, 0.1) is 0 Å². The molecule has 0 bridgehead atoms. The van der Waals surface area contributed by atoms with E-state index in [0.717, 1.165) is 0 Å². The van der Waals surface area contributed by atoms with Crippen LogP contribution in [0.5, 0.6) is 0 Å². The van der Waals surface area contributed by atoms with Gasteiger partial charge in [0.15, 0.2) is 0 Å². The fraction of sp³-hybridized carbons (Fsp3) is 0.333. The van der Waals surface area contributed by atoms with E-state index in [9.17, 15) is 0 Å². The summed E-state index contributed by atoms with van der Waals surface area (Å²) in [5, 5.41) is 0. The first-order chi connectivity index (χ1) is 8.87. The van der Waals surface area contributed by atoms with E-state index in [1.807, 2.05) is 0 Å². The number of benzene rings is 2. The Labute approximate surface area is 108 Å². The fourth-order valence-electron chi connectivity index (χ4n) is 4.25. The van der Waals surface area contributed by atoms with Crippen molar-refractivity contribution < 1.29 is 0 Å². The summed E-state index contributed by atoms with van der Waals surface area (Å²) in [5.41, 5.74) is 7.34. The van der Waals surface area contributed by atoms with Crippen molar-refractivity contribution in [1.29, 1.82) is 0 Å². The minimum atomic E-state index is 0.390. The molecule has 0 radical (unpaired) electrons. The second-order valence-corrected chi connectivity index (χ2v) is 6.26. The average Bonchev–Trinajstić information content (AvgIpc) is 3.32. The van der Waals surface area contributed by atoms with Crippen LogP contribution in [0.2, 0.25) is 0 Å². The molecule has 0 saturated heterocycles. The van der Waals surface area contributed by atoms with Gasteiger partial charge in [0, 0.05) is 10.8 Å². The summed E-state index contributed by atoms with van der Waals surface area (Å²) < 4.78 is 0. The summed E-state index contributed by atoms with van der Waals surface area (Å²) in [6, 6.07) is 18.4. The first-order valence-corrected chi connectivity index (χ1v) is 7.07. The molecule has 3 aliphatic carbocycles. The number of hydrogen-bond acceptors (Lipinski definition) is 0. The summed E-state index contributed by atoms with van der Waals surface area (Å²) in [5.74, 6) is 0. The molecule has 0 aromatic heterocycles. The molecule has 0 amide bonds. The Bertz CT molecular complexity index is 548. The lowest BCUT2D eigenvalue weighted by Gasteiger charge is -2.35. The molecular formula is C18H16. The van der Waals surface area contributed by atoms with Gasteiger partial charge in [-0.05, 0) is 47.9 Å². The third-order valence-corrected chi connectivity index (χ3v) is 5.42. The molecule has 2 aromatic rings. The second-order valence-electron chi connectivity index (χ2n) is 6.26. The van der Waals surface area contributed by atoms with Gasteiger partial charge < -0.3 is 0 Å². The van der Waals surface area contributed by atoms with E-state index in [1.54, 1.807) is 22.3 Å². The SMILES string of the molecule is c1ccc2c(c1)C1(CC1)c1ccccc1C21CC1. The minimum absolute atomic E-state index is 0.390. The standard InChI is InChI=1S/C18H16/c1-2-6-14-13(5-1)17(9-10-17)15-7-3-4-8-16(15)18(14)11-12-18/h1-8H,9-12H2. The third kappa shape index (κ3) is 0.880. The highest BCUT2D eigenvalue weighted by Gasteiger charge is 2.59. The van der Waals surface area contributed by atoms with Crippen LogP contribution < -0.4 is 0 Å². The van der Waals surface area contributed by atoms with Gasteiger partial charge >= 0.3 is 0 Å². The van der Waals surface area contributed by atoms with Crippen molar-refractivity contribution in [3.8, 4) is 0 Å². The number of fused-ring (bicyclic) bond motifs is 6. The molecule has 0 heteroatoms. The van der Waals surface area contributed by atoms with Crippen molar-refractivity contribution in [2.75, 3.05) is 0 Å². The predicted octanol–water partition coefficient (Wildman–Crippen LogP) is 4.16. The topological polar surface area (TPSA) is 0 Å². The van der Waals surface area contributed by atoms with Gasteiger partial charge in [-0.2, -0.15) is 0 Å². The summed E-state index contributed by atoms with van der Waals surface area (Å²) in [7, 11) is 0. The van der Waals surface area contributed by atoms with Gasteiger partial charge in [0.05, 0.1) is 0 Å². The van der Waals surface area contributed by atoms with E-state index in [2.05, 4.69) is 48.5 Å². The molecule has 0 nitrogen and oxygen atoms in total. The van der Waals surface area contributed by atoms with Gasteiger partial charge in [-0.3, -0.25) is 0 Å². The molecule has 0 N–H and O–H groups in total. The zero-order valence-electron chi connectivity index (χ0n) is 10.4. The van der Waals surface area contributed by atoms with Crippen molar-refractivity contribution in [2.24, 2.45) is 0 Å². The average molecular weight is 232 g/mol. The van der Waals surface area contributed by atoms with Crippen LogP contribution in [0.1, 0.15) is 47.9 Å². The Morgan fingerprint density at radius 2 is 0.778 bits per heavy atom. The lowest BCUT2D eigenvalue weighted by atomic mass is 9.68. The Morgan fingerprint density at radius 3 is 1.00 bits per heavy atom. The highest BCUT2D eigenvalue weighted by Crippen LogP contribution is 2.67. The van der Waals surface area contributed by atoms with Crippen LogP contribution in [0.3, 0.4) is 0 Å². The molecule has 18 heavy (non-hydrogen) atoms. The van der Waals surface area contributed by atoms with Crippen LogP contribution in [-0.4, -0.2) is 0 Å². The van der Waals surface area contributed by atoms with Gasteiger partial charge in [0.25, 0.3) is 0 Å². The van der Waals surface area contributed by atoms with Crippen LogP contribution in [0.15, 0.2) is 48.5 Å². The molecule has 0 atom stereocenters. The Morgan fingerprint density at radius 1 is 0.500 bits per heavy atom. The van der Waals surface area contributed by atoms with Gasteiger partial charge in [-0.1, -0.05) is 48.5 Å².